The third-order valence-electron chi connectivity index (χ3n) is 12.6. The predicted molar refractivity (Wildman–Crippen MR) is 284 cm³/mol. The van der Waals surface area contributed by atoms with Gasteiger partial charge in [0.1, 0.15) is 13.2 Å². The molecule has 0 bridgehead atoms. The lowest BCUT2D eigenvalue weighted by Crippen LogP contribution is -2.30. The van der Waals surface area contributed by atoms with E-state index in [1.165, 1.54) is 154 Å². The van der Waals surface area contributed by atoms with Crippen molar-refractivity contribution in [3.05, 3.63) is 48.6 Å². The van der Waals surface area contributed by atoms with E-state index in [0.29, 0.717) is 19.3 Å². The fraction of sp³-hybridized carbons (Fsp3) is 0.817. The van der Waals surface area contributed by atoms with Crippen LogP contribution in [0.25, 0.3) is 0 Å². The largest absolute Gasteiger partial charge is 0.462 e. The zero-order valence-electron chi connectivity index (χ0n) is 44.0. The number of carbonyl (C=O) groups is 3. The summed E-state index contributed by atoms with van der Waals surface area (Å²) in [5, 5.41) is 0. The quantitative estimate of drug-likeness (QED) is 0.0262. The van der Waals surface area contributed by atoms with Crippen LogP contribution in [-0.4, -0.2) is 37.2 Å². The van der Waals surface area contributed by atoms with Gasteiger partial charge in [-0.15, -0.1) is 0 Å². The second-order valence-corrected chi connectivity index (χ2v) is 19.2. The van der Waals surface area contributed by atoms with E-state index in [9.17, 15) is 14.4 Å². The maximum Gasteiger partial charge on any atom is 0.306 e. The summed E-state index contributed by atoms with van der Waals surface area (Å²) >= 11 is 0. The normalized spacial score (nSPS) is 12.3. The topological polar surface area (TPSA) is 78.9 Å². The number of esters is 3. The molecule has 0 fully saturated rings. The minimum absolute atomic E-state index is 0.0806. The van der Waals surface area contributed by atoms with Crippen molar-refractivity contribution in [3.63, 3.8) is 0 Å². The number of ether oxygens (including phenoxy) is 3. The fourth-order valence-corrected chi connectivity index (χ4v) is 8.21. The molecule has 1 atom stereocenters. The molecule has 0 spiro atoms. The molecule has 0 heterocycles. The number of carbonyl (C=O) groups excluding carboxylic acids is 3. The van der Waals surface area contributed by atoms with Crippen LogP contribution in [0.5, 0.6) is 0 Å². The first kappa shape index (κ1) is 63.4. The van der Waals surface area contributed by atoms with Gasteiger partial charge < -0.3 is 14.2 Å². The van der Waals surface area contributed by atoms with Gasteiger partial charge in [-0.25, -0.2) is 0 Å². The Labute approximate surface area is 409 Å². The Morgan fingerprint density at radius 1 is 0.303 bits per heavy atom. The van der Waals surface area contributed by atoms with E-state index in [4.69, 9.17) is 14.2 Å². The van der Waals surface area contributed by atoms with Crippen molar-refractivity contribution in [1.29, 1.82) is 0 Å². The summed E-state index contributed by atoms with van der Waals surface area (Å²) in [6.07, 6.45) is 66.6. The standard InChI is InChI=1S/C60H108O6/c1-4-7-10-13-16-19-22-25-28-30-33-35-38-41-44-47-50-53-59(62)65-56-57(55-64-58(61)52-49-46-43-40-37-34-31-27-24-21-18-15-12-9-6-3)66-60(63)54-51-48-45-42-39-36-32-29-26-23-20-17-14-11-8-5-2/h18,20-21,23,27,29,31-32,57H,4-17,19,22,24-26,28,30,33-56H2,1-3H3/b21-18-,23-20-,31-27-,32-29-. The molecule has 0 saturated carbocycles. The summed E-state index contributed by atoms with van der Waals surface area (Å²) in [6.45, 7) is 6.61. The molecule has 0 aromatic heterocycles. The number of rotatable bonds is 52. The monoisotopic (exact) mass is 925 g/mol. The Balaban J connectivity index is 4.39. The van der Waals surface area contributed by atoms with Crippen molar-refractivity contribution in [3.8, 4) is 0 Å². The van der Waals surface area contributed by atoms with Crippen LogP contribution in [0.15, 0.2) is 48.6 Å². The Hall–Kier alpha value is -2.63. The first-order valence-electron chi connectivity index (χ1n) is 28.6. The molecule has 0 aromatic rings. The van der Waals surface area contributed by atoms with E-state index in [0.717, 1.165) is 103 Å². The molecule has 66 heavy (non-hydrogen) atoms. The number of allylic oxidation sites excluding steroid dienone is 8. The molecular weight excluding hydrogens is 817 g/mol. The van der Waals surface area contributed by atoms with E-state index in [-0.39, 0.29) is 31.1 Å². The third kappa shape index (κ3) is 52.3. The van der Waals surface area contributed by atoms with Crippen LogP contribution < -0.4 is 0 Å². The molecule has 384 valence electrons. The van der Waals surface area contributed by atoms with Gasteiger partial charge in [-0.05, 0) is 83.5 Å². The molecule has 0 aliphatic rings. The van der Waals surface area contributed by atoms with Crippen LogP contribution in [0.1, 0.15) is 297 Å². The molecule has 0 aliphatic carbocycles. The smallest absolute Gasteiger partial charge is 0.306 e. The third-order valence-corrected chi connectivity index (χ3v) is 12.6. The number of unbranched alkanes of at least 4 members (excludes halogenated alkanes) is 33. The summed E-state index contributed by atoms with van der Waals surface area (Å²) < 4.78 is 16.9. The summed E-state index contributed by atoms with van der Waals surface area (Å²) in [5.74, 6) is -0.895. The van der Waals surface area contributed by atoms with Gasteiger partial charge in [0.05, 0.1) is 0 Å². The van der Waals surface area contributed by atoms with Gasteiger partial charge in [-0.3, -0.25) is 14.4 Å². The zero-order chi connectivity index (χ0) is 47.9. The first-order chi connectivity index (χ1) is 32.5. The van der Waals surface area contributed by atoms with Crippen molar-refractivity contribution in [1.82, 2.24) is 0 Å². The maximum absolute atomic E-state index is 12.8. The van der Waals surface area contributed by atoms with E-state index in [2.05, 4.69) is 69.4 Å². The van der Waals surface area contributed by atoms with Crippen LogP contribution >= 0.6 is 0 Å². The van der Waals surface area contributed by atoms with E-state index < -0.39 is 6.10 Å². The van der Waals surface area contributed by atoms with E-state index in [1.807, 2.05) is 0 Å². The lowest BCUT2D eigenvalue weighted by Gasteiger charge is -2.18. The first-order valence-corrected chi connectivity index (χ1v) is 28.6. The van der Waals surface area contributed by atoms with E-state index >= 15 is 0 Å². The second-order valence-electron chi connectivity index (χ2n) is 19.2. The average Bonchev–Trinajstić information content (AvgIpc) is 3.31. The molecule has 0 saturated heterocycles. The minimum atomic E-state index is -0.784. The van der Waals surface area contributed by atoms with Gasteiger partial charge in [-0.1, -0.05) is 243 Å². The second kappa shape index (κ2) is 55.0. The highest BCUT2D eigenvalue weighted by molar-refractivity contribution is 5.71. The molecule has 0 radical (unpaired) electrons. The van der Waals surface area contributed by atoms with Gasteiger partial charge >= 0.3 is 17.9 Å². The van der Waals surface area contributed by atoms with Gasteiger partial charge in [0.25, 0.3) is 0 Å². The molecule has 0 aromatic carbocycles. The SMILES string of the molecule is CCCCC/C=C\C/C=C\CCCCCCCC(=O)OCC(COC(=O)CCCCCCCCCCCCCCCCCCC)OC(=O)CCCCCCC/C=C\C/C=C\CCCCCC. The lowest BCUT2D eigenvalue weighted by atomic mass is 10.0. The number of hydrogen-bond donors (Lipinski definition) is 0. The molecule has 6 heteroatoms. The summed E-state index contributed by atoms with van der Waals surface area (Å²) in [4.78, 5) is 38.1. The van der Waals surface area contributed by atoms with Crippen molar-refractivity contribution >= 4 is 17.9 Å². The average molecular weight is 926 g/mol. The highest BCUT2D eigenvalue weighted by atomic mass is 16.6. The summed E-state index contributed by atoms with van der Waals surface area (Å²) in [5.41, 5.74) is 0. The van der Waals surface area contributed by atoms with Gasteiger partial charge in [-0.2, -0.15) is 0 Å². The van der Waals surface area contributed by atoms with Crippen LogP contribution in [-0.2, 0) is 28.6 Å². The molecular formula is C60H108O6. The minimum Gasteiger partial charge on any atom is -0.462 e. The Bertz CT molecular complexity index is 1150. The van der Waals surface area contributed by atoms with Gasteiger partial charge in [0, 0.05) is 19.3 Å². The highest BCUT2D eigenvalue weighted by Crippen LogP contribution is 2.16. The molecule has 0 aliphatic heterocycles. The van der Waals surface area contributed by atoms with Gasteiger partial charge in [0.2, 0.25) is 0 Å². The lowest BCUT2D eigenvalue weighted by molar-refractivity contribution is -0.167. The van der Waals surface area contributed by atoms with Crippen molar-refractivity contribution in [2.24, 2.45) is 0 Å². The summed E-state index contributed by atoms with van der Waals surface area (Å²) in [6, 6.07) is 0. The maximum atomic E-state index is 12.8. The van der Waals surface area contributed by atoms with E-state index in [1.54, 1.807) is 0 Å². The molecule has 6 nitrogen and oxygen atoms in total. The molecule has 0 rings (SSSR count). The van der Waals surface area contributed by atoms with Crippen LogP contribution in [0, 0.1) is 0 Å². The van der Waals surface area contributed by atoms with Gasteiger partial charge in [0.15, 0.2) is 6.10 Å². The Morgan fingerprint density at radius 2 is 0.545 bits per heavy atom. The van der Waals surface area contributed by atoms with Crippen molar-refractivity contribution < 1.29 is 28.6 Å². The van der Waals surface area contributed by atoms with Crippen molar-refractivity contribution in [2.45, 2.75) is 303 Å². The summed E-state index contributed by atoms with van der Waals surface area (Å²) in [7, 11) is 0. The molecule has 0 N–H and O–H groups in total. The van der Waals surface area contributed by atoms with Crippen LogP contribution in [0.4, 0.5) is 0 Å². The molecule has 1 unspecified atom stereocenters. The zero-order valence-corrected chi connectivity index (χ0v) is 44.0. The van der Waals surface area contributed by atoms with Crippen LogP contribution in [0.3, 0.4) is 0 Å². The fourth-order valence-electron chi connectivity index (χ4n) is 8.21. The highest BCUT2D eigenvalue weighted by Gasteiger charge is 2.19. The molecule has 0 amide bonds. The predicted octanol–water partition coefficient (Wildman–Crippen LogP) is 19.0. The Morgan fingerprint density at radius 3 is 0.879 bits per heavy atom. The van der Waals surface area contributed by atoms with Crippen LogP contribution in [0.2, 0.25) is 0 Å². The Kier molecular flexibility index (Phi) is 52.8. The number of hydrogen-bond acceptors (Lipinski definition) is 6. The van der Waals surface area contributed by atoms with Crippen molar-refractivity contribution in [2.75, 3.05) is 13.2 Å².